The number of hydrogen-bond donors (Lipinski definition) is 0. The maximum atomic E-state index is 5.01. The van der Waals surface area contributed by atoms with Crippen molar-refractivity contribution in [2.75, 3.05) is 0 Å². The summed E-state index contributed by atoms with van der Waals surface area (Å²) in [5.41, 5.74) is 10.9. The maximum Gasteiger partial charge on any atom is 0.215 e. The Bertz CT molecular complexity index is 1660. The molecule has 0 aliphatic heterocycles. The third-order valence-electron chi connectivity index (χ3n) is 6.58. The van der Waals surface area contributed by atoms with Gasteiger partial charge < -0.3 is 4.57 Å². The van der Waals surface area contributed by atoms with Crippen LogP contribution in [0.1, 0.15) is 16.7 Å². The number of aromatic nitrogens is 3. The van der Waals surface area contributed by atoms with Gasteiger partial charge in [0.25, 0.3) is 0 Å². The molecule has 0 aliphatic carbocycles. The molecule has 0 N–H and O–H groups in total. The van der Waals surface area contributed by atoms with Crippen LogP contribution >= 0.6 is 0 Å². The van der Waals surface area contributed by atoms with Crippen LogP contribution < -0.4 is 0 Å². The number of benzene rings is 4. The van der Waals surface area contributed by atoms with Gasteiger partial charge in [-0.1, -0.05) is 53.6 Å². The molecule has 32 heavy (non-hydrogen) atoms. The van der Waals surface area contributed by atoms with Crippen molar-refractivity contribution in [3.05, 3.63) is 95.6 Å². The Labute approximate surface area is 187 Å². The highest BCUT2D eigenvalue weighted by Crippen LogP contribution is 2.36. The van der Waals surface area contributed by atoms with E-state index < -0.39 is 0 Å². The Balaban J connectivity index is 1.69. The van der Waals surface area contributed by atoms with Crippen molar-refractivity contribution in [3.8, 4) is 17.1 Å². The average molecular weight is 416 g/mol. The van der Waals surface area contributed by atoms with Crippen molar-refractivity contribution in [2.45, 2.75) is 20.8 Å². The molecule has 156 valence electrons. The van der Waals surface area contributed by atoms with Gasteiger partial charge in [0.1, 0.15) is 0 Å². The van der Waals surface area contributed by atoms with Crippen LogP contribution in [0.4, 0.5) is 0 Å². The monoisotopic (exact) mass is 415 g/mol. The second-order valence-corrected chi connectivity index (χ2v) is 8.87. The van der Waals surface area contributed by atoms with Gasteiger partial charge in [-0.25, -0.2) is 4.98 Å². The molecule has 0 unspecified atom stereocenters. The van der Waals surface area contributed by atoms with E-state index in [1.54, 1.807) is 0 Å². The molecule has 3 nitrogen and oxygen atoms in total. The van der Waals surface area contributed by atoms with Crippen LogP contribution in [0.3, 0.4) is 0 Å². The van der Waals surface area contributed by atoms with Crippen molar-refractivity contribution in [1.82, 2.24) is 14.1 Å². The summed E-state index contributed by atoms with van der Waals surface area (Å²) in [6, 6.07) is 28.5. The number of hydrogen-bond acceptors (Lipinski definition) is 1. The molecule has 0 bridgehead atoms. The summed E-state index contributed by atoms with van der Waals surface area (Å²) in [5.74, 6) is 0.939. The zero-order valence-electron chi connectivity index (χ0n) is 18.8. The lowest BCUT2D eigenvalue weighted by Crippen LogP contribution is -2.03. The molecule has 0 radical (unpaired) electrons. The van der Waals surface area contributed by atoms with Crippen molar-refractivity contribution in [2.24, 2.45) is 7.05 Å². The van der Waals surface area contributed by atoms with E-state index in [9.17, 15) is 0 Å². The van der Waals surface area contributed by atoms with Gasteiger partial charge in [0.2, 0.25) is 5.95 Å². The SMILES string of the molecule is Cc1ccc(-c2ccc3c(c2)c2cc(C)ccc2n3-c2nc3ccccc3n2C)c(C)c1. The largest absolute Gasteiger partial charge is 0.313 e. The van der Waals surface area contributed by atoms with Crippen LogP contribution in [0.25, 0.3) is 49.9 Å². The molecule has 2 heterocycles. The number of imidazole rings is 1. The molecule has 0 fully saturated rings. The summed E-state index contributed by atoms with van der Waals surface area (Å²) in [6.45, 7) is 6.50. The van der Waals surface area contributed by atoms with Gasteiger partial charge >= 0.3 is 0 Å². The van der Waals surface area contributed by atoms with Crippen LogP contribution in [0.15, 0.2) is 78.9 Å². The molecule has 3 heteroatoms. The van der Waals surface area contributed by atoms with Crippen molar-refractivity contribution in [1.29, 1.82) is 0 Å². The van der Waals surface area contributed by atoms with Gasteiger partial charge in [-0.05, 0) is 73.9 Å². The van der Waals surface area contributed by atoms with E-state index in [0.717, 1.165) is 17.0 Å². The van der Waals surface area contributed by atoms with E-state index in [1.807, 2.05) is 6.07 Å². The Morgan fingerprint density at radius 3 is 2.12 bits per heavy atom. The van der Waals surface area contributed by atoms with E-state index in [-0.39, 0.29) is 0 Å². The molecule has 0 saturated carbocycles. The number of fused-ring (bicyclic) bond motifs is 4. The number of rotatable bonds is 2. The topological polar surface area (TPSA) is 22.8 Å². The van der Waals surface area contributed by atoms with Gasteiger partial charge in [-0.2, -0.15) is 0 Å². The lowest BCUT2D eigenvalue weighted by Gasteiger charge is -2.09. The highest BCUT2D eigenvalue weighted by atomic mass is 15.2. The third-order valence-corrected chi connectivity index (χ3v) is 6.58. The number of para-hydroxylation sites is 2. The summed E-state index contributed by atoms with van der Waals surface area (Å²) < 4.78 is 4.49. The highest BCUT2D eigenvalue weighted by molar-refractivity contribution is 6.10. The summed E-state index contributed by atoms with van der Waals surface area (Å²) in [4.78, 5) is 5.01. The van der Waals surface area contributed by atoms with Crippen LogP contribution in [0.5, 0.6) is 0 Å². The standard InChI is InChI=1S/C29H25N3/c1-18-9-12-22(20(3)15-18)21-11-14-27-24(17-21)23-16-19(2)10-13-26(23)32(27)29-30-25-7-5-6-8-28(25)31(29)4/h5-17H,1-4H3. The molecule has 6 rings (SSSR count). The van der Waals surface area contributed by atoms with E-state index in [2.05, 4.69) is 110 Å². The van der Waals surface area contributed by atoms with E-state index in [0.29, 0.717) is 0 Å². The Kier molecular flexibility index (Phi) is 4.03. The molecule has 4 aromatic carbocycles. The summed E-state index contributed by atoms with van der Waals surface area (Å²) >= 11 is 0. The van der Waals surface area contributed by atoms with Crippen LogP contribution in [0, 0.1) is 20.8 Å². The van der Waals surface area contributed by atoms with Crippen LogP contribution in [0.2, 0.25) is 0 Å². The zero-order chi connectivity index (χ0) is 22.0. The minimum Gasteiger partial charge on any atom is -0.313 e. The van der Waals surface area contributed by atoms with Gasteiger partial charge in [-0.3, -0.25) is 4.57 Å². The Morgan fingerprint density at radius 1 is 0.656 bits per heavy atom. The molecular formula is C29H25N3. The van der Waals surface area contributed by atoms with Crippen molar-refractivity contribution in [3.63, 3.8) is 0 Å². The third kappa shape index (κ3) is 2.71. The fourth-order valence-electron chi connectivity index (χ4n) is 4.99. The Morgan fingerprint density at radius 2 is 1.34 bits per heavy atom. The van der Waals surface area contributed by atoms with Crippen LogP contribution in [-0.2, 0) is 7.05 Å². The fraction of sp³-hybridized carbons (Fsp3) is 0.138. The lowest BCUT2D eigenvalue weighted by atomic mass is 9.97. The van der Waals surface area contributed by atoms with Crippen molar-refractivity contribution < 1.29 is 0 Å². The van der Waals surface area contributed by atoms with E-state index in [4.69, 9.17) is 4.98 Å². The van der Waals surface area contributed by atoms with E-state index >= 15 is 0 Å². The molecule has 0 spiro atoms. The van der Waals surface area contributed by atoms with Gasteiger partial charge in [0.05, 0.1) is 22.1 Å². The molecule has 0 amide bonds. The lowest BCUT2D eigenvalue weighted by molar-refractivity contribution is 0.870. The average Bonchev–Trinajstić information content (AvgIpc) is 3.28. The zero-order valence-corrected chi connectivity index (χ0v) is 18.8. The quantitative estimate of drug-likeness (QED) is 0.292. The van der Waals surface area contributed by atoms with Crippen LogP contribution in [-0.4, -0.2) is 14.1 Å². The van der Waals surface area contributed by atoms with Gasteiger partial charge in [0, 0.05) is 17.8 Å². The summed E-state index contributed by atoms with van der Waals surface area (Å²) in [7, 11) is 2.10. The first-order valence-corrected chi connectivity index (χ1v) is 11.1. The van der Waals surface area contributed by atoms with Crippen molar-refractivity contribution >= 4 is 32.8 Å². The molecule has 0 aliphatic rings. The van der Waals surface area contributed by atoms with E-state index in [1.165, 1.54) is 49.6 Å². The minimum atomic E-state index is 0.939. The first-order valence-electron chi connectivity index (χ1n) is 11.1. The predicted octanol–water partition coefficient (Wildman–Crippen LogP) is 7.26. The summed E-state index contributed by atoms with van der Waals surface area (Å²) in [6.07, 6.45) is 0. The second-order valence-electron chi connectivity index (χ2n) is 8.87. The highest BCUT2D eigenvalue weighted by Gasteiger charge is 2.18. The molecule has 2 aromatic heterocycles. The smallest absolute Gasteiger partial charge is 0.215 e. The second kappa shape index (κ2) is 6.83. The fourth-order valence-corrected chi connectivity index (χ4v) is 4.99. The first-order chi connectivity index (χ1) is 15.5. The molecule has 6 aromatic rings. The van der Waals surface area contributed by atoms with Gasteiger partial charge in [0.15, 0.2) is 0 Å². The normalized spacial score (nSPS) is 11.8. The first kappa shape index (κ1) is 18.9. The molecule has 0 atom stereocenters. The maximum absolute atomic E-state index is 5.01. The number of nitrogens with zero attached hydrogens (tertiary/aromatic N) is 3. The Hall–Kier alpha value is -3.85. The van der Waals surface area contributed by atoms with Gasteiger partial charge in [-0.15, -0.1) is 0 Å². The molecular weight excluding hydrogens is 390 g/mol. The predicted molar refractivity (Wildman–Crippen MR) is 135 cm³/mol. The summed E-state index contributed by atoms with van der Waals surface area (Å²) in [5, 5.41) is 2.52. The molecule has 0 saturated heterocycles. The number of aryl methyl sites for hydroxylation is 4. The minimum absolute atomic E-state index is 0.939.